The second-order valence-electron chi connectivity index (χ2n) is 17.2. The first-order valence-electron chi connectivity index (χ1n) is 22.4. The zero-order chi connectivity index (χ0) is 43.0. The van der Waals surface area contributed by atoms with Gasteiger partial charge in [-0.05, 0) is 87.1 Å². The van der Waals surface area contributed by atoms with Gasteiger partial charge in [0.1, 0.15) is 5.82 Å². The minimum atomic E-state index is -0.0399. The predicted molar refractivity (Wildman–Crippen MR) is 270 cm³/mol. The zero-order valence-electron chi connectivity index (χ0n) is 35.7. The van der Waals surface area contributed by atoms with Gasteiger partial charge in [-0.2, -0.15) is 0 Å². The van der Waals surface area contributed by atoms with Gasteiger partial charge in [-0.1, -0.05) is 177 Å². The van der Waals surface area contributed by atoms with Crippen molar-refractivity contribution in [2.24, 2.45) is 5.92 Å². The van der Waals surface area contributed by atoms with Crippen molar-refractivity contribution in [2.45, 2.75) is 12.8 Å². The Morgan fingerprint density at radius 2 is 1.00 bits per heavy atom. The zero-order valence-corrected chi connectivity index (χ0v) is 35.7. The molecule has 0 aliphatic heterocycles. The van der Waals surface area contributed by atoms with E-state index >= 15 is 0 Å². The van der Waals surface area contributed by atoms with Gasteiger partial charge in [0.15, 0.2) is 11.6 Å². The summed E-state index contributed by atoms with van der Waals surface area (Å²) in [4.78, 5) is 15.2. The van der Waals surface area contributed by atoms with Crippen LogP contribution < -0.4 is 0 Å². The Kier molecular flexibility index (Phi) is 8.50. The van der Waals surface area contributed by atoms with Crippen LogP contribution >= 0.6 is 0 Å². The number of nitrogens with zero attached hydrogens (tertiary/aromatic N) is 5. The summed E-state index contributed by atoms with van der Waals surface area (Å²) in [5, 5.41) is 9.98. The molecular formula is C60H41N5. The number of para-hydroxylation sites is 2. The topological polar surface area (TPSA) is 48.5 Å². The first-order chi connectivity index (χ1) is 32.2. The van der Waals surface area contributed by atoms with Crippen LogP contribution in [0, 0.1) is 5.92 Å². The van der Waals surface area contributed by atoms with Crippen molar-refractivity contribution in [3.63, 3.8) is 0 Å². The molecule has 0 radical (unpaired) electrons. The molecule has 0 saturated heterocycles. The minimum absolute atomic E-state index is 0.0399. The maximum Gasteiger partial charge on any atom is 0.163 e. The lowest BCUT2D eigenvalue weighted by atomic mass is 9.88. The molecule has 13 rings (SSSR count). The van der Waals surface area contributed by atoms with E-state index in [1.807, 2.05) is 36.4 Å². The fourth-order valence-corrected chi connectivity index (χ4v) is 10.4. The van der Waals surface area contributed by atoms with Crippen LogP contribution in [0.25, 0.3) is 110 Å². The van der Waals surface area contributed by atoms with E-state index < -0.39 is 0 Å². The van der Waals surface area contributed by atoms with Crippen molar-refractivity contribution in [1.29, 1.82) is 0 Å². The summed E-state index contributed by atoms with van der Waals surface area (Å²) in [5.74, 6) is 2.20. The van der Waals surface area contributed by atoms with Crippen molar-refractivity contribution >= 4 is 70.9 Å². The molecule has 3 aromatic heterocycles. The number of benzene rings is 9. The highest BCUT2D eigenvalue weighted by atomic mass is 15.0. The van der Waals surface area contributed by atoms with Gasteiger partial charge in [-0.25, -0.2) is 15.0 Å². The third kappa shape index (κ3) is 5.97. The summed E-state index contributed by atoms with van der Waals surface area (Å²) >= 11 is 0. The summed E-state index contributed by atoms with van der Waals surface area (Å²) in [6.07, 6.45) is 6.95. The molecule has 0 amide bonds. The van der Waals surface area contributed by atoms with Crippen LogP contribution in [0.2, 0.25) is 0 Å². The van der Waals surface area contributed by atoms with E-state index in [-0.39, 0.29) is 11.8 Å². The molecule has 65 heavy (non-hydrogen) atoms. The largest absolute Gasteiger partial charge is 0.310 e. The molecule has 0 bridgehead atoms. The van der Waals surface area contributed by atoms with Crippen molar-refractivity contribution in [3.8, 4) is 39.6 Å². The summed E-state index contributed by atoms with van der Waals surface area (Å²) in [6.45, 7) is 2.28. The fourth-order valence-electron chi connectivity index (χ4n) is 10.4. The summed E-state index contributed by atoms with van der Waals surface area (Å²) in [6, 6.07) is 71.8. The van der Waals surface area contributed by atoms with Gasteiger partial charge in [0.05, 0.1) is 22.1 Å². The number of allylic oxidation sites excluding steroid dienone is 4. The molecule has 0 fully saturated rings. The normalized spacial score (nSPS) is 15.2. The van der Waals surface area contributed by atoms with Crippen LogP contribution in [0.5, 0.6) is 0 Å². The highest BCUT2D eigenvalue weighted by Gasteiger charge is 2.26. The number of hydrogen-bond donors (Lipinski definition) is 0. The van der Waals surface area contributed by atoms with E-state index in [1.165, 1.54) is 76.3 Å². The third-order valence-corrected chi connectivity index (χ3v) is 13.4. The quantitative estimate of drug-likeness (QED) is 0.168. The maximum atomic E-state index is 5.13. The van der Waals surface area contributed by atoms with Crippen molar-refractivity contribution < 1.29 is 0 Å². The van der Waals surface area contributed by atoms with E-state index in [9.17, 15) is 0 Å². The summed E-state index contributed by atoms with van der Waals surface area (Å²) < 4.78 is 4.88. The molecule has 2 unspecified atom stereocenters. The van der Waals surface area contributed by atoms with Crippen molar-refractivity contribution in [3.05, 3.63) is 224 Å². The molecule has 0 N–H and O–H groups in total. The van der Waals surface area contributed by atoms with Gasteiger partial charge < -0.3 is 9.13 Å². The van der Waals surface area contributed by atoms with Crippen LogP contribution in [0.1, 0.15) is 18.7 Å². The third-order valence-electron chi connectivity index (χ3n) is 13.4. The Morgan fingerprint density at radius 1 is 0.415 bits per heavy atom. The summed E-state index contributed by atoms with van der Waals surface area (Å²) in [5.41, 5.74) is 11.4. The molecular weight excluding hydrogens is 791 g/mol. The van der Waals surface area contributed by atoms with Gasteiger partial charge in [0, 0.05) is 50.0 Å². The van der Waals surface area contributed by atoms with Crippen LogP contribution in [-0.4, -0.2) is 24.1 Å². The van der Waals surface area contributed by atoms with Gasteiger partial charge in [-0.3, -0.25) is 0 Å². The highest BCUT2D eigenvalue weighted by molar-refractivity contribution is 6.26. The SMILES string of the molecule is CC1C=C(n2c3ccc(-c4cc5c(c6ccccc46)c4ccccc4n5-c4ccccc4)cc3c3c4ccccc4ccc32)C=CC1c1nc(-c2ccccc2)nc(-c2ccccc2)n1. The van der Waals surface area contributed by atoms with Gasteiger partial charge in [0.25, 0.3) is 0 Å². The minimum Gasteiger partial charge on any atom is -0.310 e. The number of rotatable bonds is 6. The second kappa shape index (κ2) is 14.9. The molecule has 0 spiro atoms. The van der Waals surface area contributed by atoms with E-state index in [1.54, 1.807) is 0 Å². The van der Waals surface area contributed by atoms with Crippen LogP contribution in [0.3, 0.4) is 0 Å². The van der Waals surface area contributed by atoms with Gasteiger partial charge in [-0.15, -0.1) is 0 Å². The van der Waals surface area contributed by atoms with E-state index in [0.29, 0.717) is 11.6 Å². The Hall–Kier alpha value is -8.41. The van der Waals surface area contributed by atoms with Gasteiger partial charge >= 0.3 is 0 Å². The molecule has 3 heterocycles. The summed E-state index contributed by atoms with van der Waals surface area (Å²) in [7, 11) is 0. The van der Waals surface area contributed by atoms with Crippen LogP contribution in [0.4, 0.5) is 0 Å². The Labute approximate surface area is 375 Å². The number of aromatic nitrogens is 5. The van der Waals surface area contributed by atoms with E-state index in [0.717, 1.165) is 28.3 Å². The first-order valence-corrected chi connectivity index (χ1v) is 22.4. The lowest BCUT2D eigenvalue weighted by Gasteiger charge is -2.24. The molecule has 5 heteroatoms. The van der Waals surface area contributed by atoms with Crippen LogP contribution in [0.15, 0.2) is 218 Å². The molecule has 2 atom stereocenters. The predicted octanol–water partition coefficient (Wildman–Crippen LogP) is 15.2. The average Bonchev–Trinajstić information content (AvgIpc) is 3.89. The Balaban J connectivity index is 0.991. The van der Waals surface area contributed by atoms with E-state index in [2.05, 4.69) is 198 Å². The molecule has 12 aromatic rings. The smallest absolute Gasteiger partial charge is 0.163 e. The fraction of sp³-hybridized carbons (Fsp3) is 0.0500. The van der Waals surface area contributed by atoms with Gasteiger partial charge in [0.2, 0.25) is 0 Å². The Bertz CT molecular complexity index is 3840. The molecule has 5 nitrogen and oxygen atoms in total. The number of hydrogen-bond acceptors (Lipinski definition) is 3. The van der Waals surface area contributed by atoms with Crippen molar-refractivity contribution in [2.75, 3.05) is 0 Å². The molecule has 9 aromatic carbocycles. The number of fused-ring (bicyclic) bond motifs is 10. The lowest BCUT2D eigenvalue weighted by molar-refractivity contribution is 0.600. The first kappa shape index (κ1) is 37.2. The van der Waals surface area contributed by atoms with E-state index in [4.69, 9.17) is 15.0 Å². The van der Waals surface area contributed by atoms with Crippen molar-refractivity contribution in [1.82, 2.24) is 24.1 Å². The monoisotopic (exact) mass is 831 g/mol. The Morgan fingerprint density at radius 3 is 1.72 bits per heavy atom. The molecule has 1 aliphatic rings. The van der Waals surface area contributed by atoms with Crippen LogP contribution in [-0.2, 0) is 0 Å². The highest BCUT2D eigenvalue weighted by Crippen LogP contribution is 2.45. The molecule has 0 saturated carbocycles. The standard InChI is InChI=1S/C60H41N5/c1-38-35-44(31-32-45(38)60-62-58(40-18-5-2-6-19-40)61-59(63-60)41-20-7-3-8-21-41)65-53-33-30-42(36-51(53)56-46-24-12-11-17-39(46)29-34-54(56)65)50-37-55-57(48-26-14-13-25-47(48)50)49-27-15-16-28-52(49)64(55)43-22-9-4-10-23-43/h2-38,45H,1H3. The maximum absolute atomic E-state index is 5.13. The lowest BCUT2D eigenvalue weighted by Crippen LogP contribution is -2.15. The second-order valence-corrected chi connectivity index (χ2v) is 17.2. The average molecular weight is 832 g/mol. The molecule has 1 aliphatic carbocycles. The molecule has 306 valence electrons.